The molecule has 0 aliphatic carbocycles. The summed E-state index contributed by atoms with van der Waals surface area (Å²) in [6.45, 7) is 0. The van der Waals surface area contributed by atoms with Gasteiger partial charge in [-0.1, -0.05) is 158 Å². The van der Waals surface area contributed by atoms with Gasteiger partial charge >= 0.3 is 0 Å². The predicted molar refractivity (Wildman–Crippen MR) is 217 cm³/mol. The average molecular weight is 668 g/mol. The van der Waals surface area contributed by atoms with Crippen LogP contribution in [0.1, 0.15) is 0 Å². The number of rotatable bonds is 6. The molecule has 0 aliphatic heterocycles. The van der Waals surface area contributed by atoms with E-state index < -0.39 is 8.07 Å². The molecule has 2 nitrogen and oxygen atoms in total. The summed E-state index contributed by atoms with van der Waals surface area (Å²) in [7, 11) is -2.85. The third kappa shape index (κ3) is 4.63. The topological polar surface area (TPSA) is 18.1 Å². The van der Waals surface area contributed by atoms with Crippen LogP contribution in [0.25, 0.3) is 60.6 Å². The molecule has 240 valence electrons. The van der Waals surface area contributed by atoms with E-state index in [0.717, 1.165) is 21.9 Å². The molecule has 51 heavy (non-hydrogen) atoms. The standard InChI is InChI=1S/C48H33NOSi/c1-4-16-36(17-5-1)49-45-25-12-10-23-41(45)43-33-40(28-29-46(43)49)51(37-18-6-2-7-19-37,38-20-8-3-9-21-38)39-22-14-15-34(31-39)35-27-30-48-44(32-35)42-24-11-13-26-47(42)50-48/h1-33H. The van der Waals surface area contributed by atoms with Gasteiger partial charge in [0.1, 0.15) is 11.2 Å². The van der Waals surface area contributed by atoms with Crippen molar-refractivity contribution in [1.29, 1.82) is 0 Å². The summed E-state index contributed by atoms with van der Waals surface area (Å²) in [6, 6.07) is 73.4. The Hall–Kier alpha value is -6.42. The highest BCUT2D eigenvalue weighted by molar-refractivity contribution is 7.20. The van der Waals surface area contributed by atoms with Crippen LogP contribution in [-0.2, 0) is 0 Å². The minimum atomic E-state index is -2.85. The number of fused-ring (bicyclic) bond motifs is 6. The lowest BCUT2D eigenvalue weighted by Gasteiger charge is -2.35. The van der Waals surface area contributed by atoms with Gasteiger partial charge in [0, 0.05) is 27.2 Å². The molecule has 0 atom stereocenters. The quantitative estimate of drug-likeness (QED) is 0.128. The normalized spacial score (nSPS) is 11.9. The van der Waals surface area contributed by atoms with Crippen LogP contribution in [0.2, 0.25) is 0 Å². The Bertz CT molecular complexity index is 2810. The van der Waals surface area contributed by atoms with Crippen molar-refractivity contribution in [2.75, 3.05) is 0 Å². The number of para-hydroxylation sites is 3. The van der Waals surface area contributed by atoms with E-state index in [1.807, 2.05) is 12.1 Å². The monoisotopic (exact) mass is 667 g/mol. The molecule has 0 fully saturated rings. The van der Waals surface area contributed by atoms with E-state index in [1.165, 1.54) is 59.4 Å². The molecule has 8 aromatic carbocycles. The molecule has 0 radical (unpaired) electrons. The van der Waals surface area contributed by atoms with Crippen LogP contribution >= 0.6 is 0 Å². The lowest BCUT2D eigenvalue weighted by molar-refractivity contribution is 0.669. The second kappa shape index (κ2) is 11.9. The van der Waals surface area contributed by atoms with Gasteiger partial charge in [-0.15, -0.1) is 0 Å². The molecule has 2 aromatic heterocycles. The van der Waals surface area contributed by atoms with E-state index in [9.17, 15) is 0 Å². The second-order valence-electron chi connectivity index (χ2n) is 13.3. The molecule has 10 rings (SSSR count). The van der Waals surface area contributed by atoms with Gasteiger partial charge in [-0.25, -0.2) is 0 Å². The molecular formula is C48H33NOSi. The minimum Gasteiger partial charge on any atom is -0.456 e. The summed E-state index contributed by atoms with van der Waals surface area (Å²) in [4.78, 5) is 0. The maximum absolute atomic E-state index is 6.20. The fraction of sp³-hybridized carbons (Fsp3) is 0. The zero-order chi connectivity index (χ0) is 33.8. The van der Waals surface area contributed by atoms with E-state index in [1.54, 1.807) is 0 Å². The summed E-state index contributed by atoms with van der Waals surface area (Å²) in [5.74, 6) is 0. The first-order valence-electron chi connectivity index (χ1n) is 17.5. The first-order valence-corrected chi connectivity index (χ1v) is 19.5. The molecule has 2 heterocycles. The Kier molecular flexibility index (Phi) is 6.86. The molecule has 0 amide bonds. The van der Waals surface area contributed by atoms with E-state index in [2.05, 4.69) is 193 Å². The minimum absolute atomic E-state index is 0.913. The van der Waals surface area contributed by atoms with Gasteiger partial charge in [-0.05, 0) is 74.3 Å². The zero-order valence-electron chi connectivity index (χ0n) is 27.9. The highest BCUT2D eigenvalue weighted by Crippen LogP contribution is 2.34. The Morgan fingerprint density at radius 2 is 0.902 bits per heavy atom. The largest absolute Gasteiger partial charge is 0.456 e. The summed E-state index contributed by atoms with van der Waals surface area (Å²) in [6.07, 6.45) is 0. The molecule has 0 unspecified atom stereocenters. The molecule has 0 saturated heterocycles. The maximum atomic E-state index is 6.20. The molecule has 0 saturated carbocycles. The van der Waals surface area contributed by atoms with Crippen molar-refractivity contribution in [1.82, 2.24) is 4.57 Å². The maximum Gasteiger partial charge on any atom is 0.179 e. The van der Waals surface area contributed by atoms with Crippen molar-refractivity contribution >= 4 is 72.6 Å². The Labute approximate surface area is 297 Å². The van der Waals surface area contributed by atoms with Crippen molar-refractivity contribution in [2.24, 2.45) is 0 Å². The van der Waals surface area contributed by atoms with Gasteiger partial charge in [-0.3, -0.25) is 0 Å². The SMILES string of the molecule is c1ccc(-n2c3ccccc3c3cc([Si](c4ccccc4)(c4ccccc4)c4cccc(-c5ccc6oc7ccccc7c6c5)c4)ccc32)cc1. The fourth-order valence-corrected chi connectivity index (χ4v) is 13.1. The Morgan fingerprint density at radius 1 is 0.333 bits per heavy atom. The highest BCUT2D eigenvalue weighted by atomic mass is 28.3. The number of furan rings is 1. The van der Waals surface area contributed by atoms with Crippen LogP contribution < -0.4 is 20.7 Å². The number of nitrogens with zero attached hydrogens (tertiary/aromatic N) is 1. The van der Waals surface area contributed by atoms with Crippen molar-refractivity contribution in [2.45, 2.75) is 0 Å². The van der Waals surface area contributed by atoms with Gasteiger partial charge in [0.2, 0.25) is 0 Å². The van der Waals surface area contributed by atoms with E-state index >= 15 is 0 Å². The van der Waals surface area contributed by atoms with Gasteiger partial charge in [0.05, 0.1) is 11.0 Å². The molecule has 0 aliphatic rings. The van der Waals surface area contributed by atoms with E-state index in [-0.39, 0.29) is 0 Å². The zero-order valence-corrected chi connectivity index (χ0v) is 28.9. The molecule has 3 heteroatoms. The number of benzene rings is 8. The van der Waals surface area contributed by atoms with Crippen molar-refractivity contribution in [3.63, 3.8) is 0 Å². The Balaban J connectivity index is 1.26. The molecule has 0 bridgehead atoms. The van der Waals surface area contributed by atoms with Crippen molar-refractivity contribution in [3.8, 4) is 16.8 Å². The van der Waals surface area contributed by atoms with Gasteiger partial charge in [0.15, 0.2) is 8.07 Å². The lowest BCUT2D eigenvalue weighted by atomic mass is 10.0. The predicted octanol–water partition coefficient (Wildman–Crippen LogP) is 9.73. The third-order valence-electron chi connectivity index (χ3n) is 10.5. The molecular weight excluding hydrogens is 635 g/mol. The van der Waals surface area contributed by atoms with Gasteiger partial charge in [0.25, 0.3) is 0 Å². The van der Waals surface area contributed by atoms with Crippen molar-refractivity contribution < 1.29 is 4.42 Å². The van der Waals surface area contributed by atoms with Crippen LogP contribution in [0, 0.1) is 0 Å². The summed E-state index contributed by atoms with van der Waals surface area (Å²) in [5.41, 5.74) is 7.81. The average Bonchev–Trinajstić information content (AvgIpc) is 3.75. The highest BCUT2D eigenvalue weighted by Gasteiger charge is 2.42. The molecule has 10 aromatic rings. The summed E-state index contributed by atoms with van der Waals surface area (Å²) in [5, 5.41) is 10.2. The number of hydrogen-bond acceptors (Lipinski definition) is 1. The first-order chi connectivity index (χ1) is 25.3. The Morgan fingerprint density at radius 3 is 1.67 bits per heavy atom. The second-order valence-corrected chi connectivity index (χ2v) is 17.1. The van der Waals surface area contributed by atoms with Gasteiger partial charge < -0.3 is 8.98 Å². The van der Waals surface area contributed by atoms with Crippen LogP contribution in [0.4, 0.5) is 0 Å². The smallest absolute Gasteiger partial charge is 0.179 e. The van der Waals surface area contributed by atoms with Crippen molar-refractivity contribution in [3.05, 3.63) is 200 Å². The number of hydrogen-bond donors (Lipinski definition) is 0. The van der Waals surface area contributed by atoms with Crippen LogP contribution in [0.5, 0.6) is 0 Å². The van der Waals surface area contributed by atoms with Gasteiger partial charge in [-0.2, -0.15) is 0 Å². The van der Waals surface area contributed by atoms with Crippen LogP contribution in [0.3, 0.4) is 0 Å². The fourth-order valence-electron chi connectivity index (χ4n) is 8.28. The first kappa shape index (κ1) is 29.5. The van der Waals surface area contributed by atoms with Crippen LogP contribution in [-0.4, -0.2) is 12.6 Å². The molecule has 0 N–H and O–H groups in total. The third-order valence-corrected chi connectivity index (χ3v) is 15.3. The van der Waals surface area contributed by atoms with Crippen LogP contribution in [0.15, 0.2) is 205 Å². The lowest BCUT2D eigenvalue weighted by Crippen LogP contribution is -2.74. The summed E-state index contributed by atoms with van der Waals surface area (Å²) >= 11 is 0. The van der Waals surface area contributed by atoms with E-state index in [4.69, 9.17) is 4.42 Å². The molecule has 0 spiro atoms. The number of aromatic nitrogens is 1. The summed E-state index contributed by atoms with van der Waals surface area (Å²) < 4.78 is 8.60. The van der Waals surface area contributed by atoms with E-state index in [0.29, 0.717) is 0 Å².